The maximum absolute atomic E-state index is 15.1. The molecule has 3 aromatic rings. The number of anilines is 1. The Labute approximate surface area is 185 Å². The molecule has 0 spiro atoms. The van der Waals surface area contributed by atoms with Gasteiger partial charge in [-0.3, -0.25) is 14.6 Å². The van der Waals surface area contributed by atoms with Crippen LogP contribution in [-0.2, 0) is 11.2 Å². The van der Waals surface area contributed by atoms with Gasteiger partial charge in [-0.1, -0.05) is 5.16 Å². The van der Waals surface area contributed by atoms with E-state index in [0.717, 1.165) is 16.7 Å². The Morgan fingerprint density at radius 1 is 1.19 bits per heavy atom. The number of aryl methyl sites for hydroxylation is 3. The van der Waals surface area contributed by atoms with Crippen molar-refractivity contribution in [1.29, 1.82) is 0 Å². The van der Waals surface area contributed by atoms with Gasteiger partial charge in [0.25, 0.3) is 5.91 Å². The maximum Gasteiger partial charge on any atom is 0.257 e. The molecule has 1 aliphatic heterocycles. The smallest absolute Gasteiger partial charge is 0.257 e. The highest BCUT2D eigenvalue weighted by molar-refractivity contribution is 5.97. The minimum atomic E-state index is -0.417. The monoisotopic (exact) mass is 436 g/mol. The zero-order valence-corrected chi connectivity index (χ0v) is 18.7. The SMILES string of the molecule is Cc1noc(C)c1C(=O)NC(C)c1cncc(-c2cc3c(cc2F)N(C)C(=O)CC3)c1C. The zero-order chi connectivity index (χ0) is 23.2. The maximum atomic E-state index is 15.1. The fourth-order valence-electron chi connectivity index (χ4n) is 4.27. The van der Waals surface area contributed by atoms with Crippen LogP contribution in [0.3, 0.4) is 0 Å². The quantitative estimate of drug-likeness (QED) is 0.662. The summed E-state index contributed by atoms with van der Waals surface area (Å²) in [6.45, 7) is 7.15. The summed E-state index contributed by atoms with van der Waals surface area (Å²) in [5.41, 5.74) is 5.16. The minimum Gasteiger partial charge on any atom is -0.361 e. The van der Waals surface area contributed by atoms with Crippen molar-refractivity contribution >= 4 is 17.5 Å². The van der Waals surface area contributed by atoms with Crippen molar-refractivity contribution in [2.24, 2.45) is 0 Å². The molecule has 0 saturated heterocycles. The normalized spacial score (nSPS) is 14.3. The summed E-state index contributed by atoms with van der Waals surface area (Å²) in [4.78, 5) is 30.5. The van der Waals surface area contributed by atoms with E-state index >= 15 is 4.39 Å². The van der Waals surface area contributed by atoms with E-state index in [1.165, 1.54) is 11.0 Å². The Morgan fingerprint density at radius 3 is 2.62 bits per heavy atom. The molecule has 2 amide bonds. The van der Waals surface area contributed by atoms with Crippen LogP contribution < -0.4 is 10.2 Å². The summed E-state index contributed by atoms with van der Waals surface area (Å²) < 4.78 is 20.2. The summed E-state index contributed by atoms with van der Waals surface area (Å²) in [7, 11) is 1.66. The standard InChI is InChI=1S/C24H25FN4O3/c1-12-18(13(2)27-24(31)23-14(3)28-32-15(23)4)10-26-11-19(12)17-8-16-6-7-22(30)29(5)21(16)9-20(17)25/h8-11,13H,6-7H2,1-5H3,(H,27,31). The van der Waals surface area contributed by atoms with Crippen molar-refractivity contribution in [3.63, 3.8) is 0 Å². The topological polar surface area (TPSA) is 88.3 Å². The van der Waals surface area contributed by atoms with Crippen LogP contribution in [0.1, 0.15) is 57.9 Å². The molecule has 1 unspecified atom stereocenters. The molecule has 0 bridgehead atoms. The molecule has 7 nitrogen and oxygen atoms in total. The van der Waals surface area contributed by atoms with E-state index in [1.807, 2.05) is 13.8 Å². The van der Waals surface area contributed by atoms with Crippen LogP contribution in [-0.4, -0.2) is 29.0 Å². The lowest BCUT2D eigenvalue weighted by atomic mass is 9.92. The van der Waals surface area contributed by atoms with Gasteiger partial charge in [0.1, 0.15) is 17.1 Å². The largest absolute Gasteiger partial charge is 0.361 e. The highest BCUT2D eigenvalue weighted by Crippen LogP contribution is 2.36. The second kappa shape index (κ2) is 8.18. The van der Waals surface area contributed by atoms with Gasteiger partial charge >= 0.3 is 0 Å². The number of carbonyl (C=O) groups is 2. The second-order valence-electron chi connectivity index (χ2n) is 8.21. The Morgan fingerprint density at radius 2 is 1.94 bits per heavy atom. The number of fused-ring (bicyclic) bond motifs is 1. The van der Waals surface area contributed by atoms with E-state index in [-0.39, 0.29) is 17.9 Å². The number of rotatable bonds is 4. The summed E-state index contributed by atoms with van der Waals surface area (Å²) in [6, 6.07) is 2.85. The molecule has 2 aromatic heterocycles. The average Bonchev–Trinajstić information content (AvgIpc) is 3.09. The highest BCUT2D eigenvalue weighted by Gasteiger charge is 2.25. The summed E-state index contributed by atoms with van der Waals surface area (Å²) >= 11 is 0. The Kier molecular flexibility index (Phi) is 5.54. The third kappa shape index (κ3) is 3.66. The summed E-state index contributed by atoms with van der Waals surface area (Å²) in [6.07, 6.45) is 4.28. The molecule has 0 aliphatic carbocycles. The number of nitrogens with zero attached hydrogens (tertiary/aromatic N) is 3. The van der Waals surface area contributed by atoms with E-state index in [9.17, 15) is 9.59 Å². The fraction of sp³-hybridized carbons (Fsp3) is 0.333. The first kappa shape index (κ1) is 21.7. The Hall–Kier alpha value is -3.55. The van der Waals surface area contributed by atoms with Crippen molar-refractivity contribution in [2.75, 3.05) is 11.9 Å². The molecule has 1 atom stereocenters. The van der Waals surface area contributed by atoms with Crippen molar-refractivity contribution < 1.29 is 18.5 Å². The first-order valence-electron chi connectivity index (χ1n) is 10.5. The third-order valence-electron chi connectivity index (χ3n) is 6.13. The number of carbonyl (C=O) groups excluding carboxylic acids is 2. The first-order valence-corrected chi connectivity index (χ1v) is 10.5. The lowest BCUT2D eigenvalue weighted by molar-refractivity contribution is -0.118. The lowest BCUT2D eigenvalue weighted by Crippen LogP contribution is -2.31. The van der Waals surface area contributed by atoms with E-state index in [1.54, 1.807) is 39.4 Å². The molecular formula is C24H25FN4O3. The summed E-state index contributed by atoms with van der Waals surface area (Å²) in [5, 5.41) is 6.79. The molecular weight excluding hydrogens is 411 g/mol. The van der Waals surface area contributed by atoms with Gasteiger partial charge in [-0.2, -0.15) is 0 Å². The highest BCUT2D eigenvalue weighted by atomic mass is 19.1. The van der Waals surface area contributed by atoms with Gasteiger partial charge in [0.15, 0.2) is 0 Å². The molecule has 32 heavy (non-hydrogen) atoms. The van der Waals surface area contributed by atoms with E-state index in [2.05, 4.69) is 15.5 Å². The molecule has 1 aliphatic rings. The van der Waals surface area contributed by atoms with Gasteiger partial charge in [0, 0.05) is 42.7 Å². The second-order valence-corrected chi connectivity index (χ2v) is 8.21. The van der Waals surface area contributed by atoms with E-state index in [4.69, 9.17) is 4.52 Å². The Bertz CT molecular complexity index is 1210. The van der Waals surface area contributed by atoms with Crippen LogP contribution in [0.2, 0.25) is 0 Å². The summed E-state index contributed by atoms with van der Waals surface area (Å²) in [5.74, 6) is -0.270. The van der Waals surface area contributed by atoms with Gasteiger partial charge in [0.05, 0.1) is 11.7 Å². The number of nitrogens with one attached hydrogen (secondary N) is 1. The Balaban J connectivity index is 1.67. The third-order valence-corrected chi connectivity index (χ3v) is 6.13. The van der Waals surface area contributed by atoms with Crippen LogP contribution in [0.4, 0.5) is 10.1 Å². The van der Waals surface area contributed by atoms with Gasteiger partial charge < -0.3 is 14.7 Å². The van der Waals surface area contributed by atoms with Gasteiger partial charge in [-0.05, 0) is 62.9 Å². The van der Waals surface area contributed by atoms with Gasteiger partial charge in [0.2, 0.25) is 5.91 Å². The molecule has 0 radical (unpaired) electrons. The molecule has 166 valence electrons. The molecule has 1 N–H and O–H groups in total. The zero-order valence-electron chi connectivity index (χ0n) is 18.7. The van der Waals surface area contributed by atoms with E-state index in [0.29, 0.717) is 46.7 Å². The predicted octanol–water partition coefficient (Wildman–Crippen LogP) is 4.20. The van der Waals surface area contributed by atoms with Crippen molar-refractivity contribution in [2.45, 2.75) is 46.6 Å². The first-order chi connectivity index (χ1) is 15.2. The van der Waals surface area contributed by atoms with Crippen molar-refractivity contribution in [3.05, 3.63) is 64.1 Å². The molecule has 0 saturated carbocycles. The number of halogens is 1. The number of hydrogen-bond acceptors (Lipinski definition) is 5. The number of pyridine rings is 1. The van der Waals surface area contributed by atoms with Crippen LogP contribution in [0, 0.1) is 26.6 Å². The molecule has 3 heterocycles. The predicted molar refractivity (Wildman–Crippen MR) is 118 cm³/mol. The van der Waals surface area contributed by atoms with Gasteiger partial charge in [-0.25, -0.2) is 4.39 Å². The van der Waals surface area contributed by atoms with Crippen molar-refractivity contribution in [3.8, 4) is 11.1 Å². The molecule has 4 rings (SSSR count). The number of benzene rings is 1. The molecule has 8 heteroatoms. The van der Waals surface area contributed by atoms with Crippen LogP contribution >= 0.6 is 0 Å². The number of aromatic nitrogens is 2. The minimum absolute atomic E-state index is 0.0210. The lowest BCUT2D eigenvalue weighted by Gasteiger charge is -2.27. The van der Waals surface area contributed by atoms with Crippen LogP contribution in [0.25, 0.3) is 11.1 Å². The average molecular weight is 436 g/mol. The van der Waals surface area contributed by atoms with Crippen LogP contribution in [0.15, 0.2) is 29.0 Å². The fourth-order valence-corrected chi connectivity index (χ4v) is 4.27. The number of amides is 2. The number of hydrogen-bond donors (Lipinski definition) is 1. The van der Waals surface area contributed by atoms with Crippen LogP contribution in [0.5, 0.6) is 0 Å². The molecule has 0 fully saturated rings. The van der Waals surface area contributed by atoms with Crippen molar-refractivity contribution in [1.82, 2.24) is 15.5 Å². The molecule has 1 aromatic carbocycles. The van der Waals surface area contributed by atoms with E-state index < -0.39 is 5.82 Å². The van der Waals surface area contributed by atoms with Gasteiger partial charge in [-0.15, -0.1) is 0 Å².